The van der Waals surface area contributed by atoms with Crippen molar-refractivity contribution in [2.45, 2.75) is 58.3 Å². The maximum atomic E-state index is 12.0. The first-order chi connectivity index (χ1) is 11.9. The highest BCUT2D eigenvalue weighted by Gasteiger charge is 2.28. The van der Waals surface area contributed by atoms with Crippen LogP contribution in [-0.2, 0) is 24.0 Å². The summed E-state index contributed by atoms with van der Waals surface area (Å²) in [6.07, 6.45) is -0.592. The number of nitrogens with two attached hydrogens (primary N) is 1. The van der Waals surface area contributed by atoms with E-state index in [1.807, 2.05) is 0 Å². The highest BCUT2D eigenvalue weighted by Crippen LogP contribution is 2.02. The smallest absolute Gasteiger partial charge is 0.326 e. The summed E-state index contributed by atoms with van der Waals surface area (Å²) >= 11 is 0. The zero-order valence-electron chi connectivity index (χ0n) is 15.1. The van der Waals surface area contributed by atoms with Crippen molar-refractivity contribution in [3.05, 3.63) is 0 Å². The third-order valence-electron chi connectivity index (χ3n) is 3.47. The SMILES string of the molecule is CC(NC(=O)C(N)CC(=O)O)C(=O)NC(C)C(=O)NC(C(=O)O)C(C)C. The van der Waals surface area contributed by atoms with Crippen LogP contribution >= 0.6 is 0 Å². The van der Waals surface area contributed by atoms with Crippen LogP contribution in [0.2, 0.25) is 0 Å². The second-order valence-electron chi connectivity index (χ2n) is 6.23. The molecule has 4 unspecified atom stereocenters. The Balaban J connectivity index is 4.64. The molecular weight excluding hydrogens is 348 g/mol. The number of carboxylic acids is 2. The first kappa shape index (κ1) is 23.3. The molecule has 0 aromatic carbocycles. The molecule has 11 nitrogen and oxygen atoms in total. The van der Waals surface area contributed by atoms with Gasteiger partial charge >= 0.3 is 11.9 Å². The van der Waals surface area contributed by atoms with E-state index >= 15 is 0 Å². The van der Waals surface area contributed by atoms with Crippen molar-refractivity contribution in [1.29, 1.82) is 0 Å². The topological polar surface area (TPSA) is 188 Å². The van der Waals surface area contributed by atoms with Crippen molar-refractivity contribution in [2.24, 2.45) is 11.7 Å². The third kappa shape index (κ3) is 7.92. The summed E-state index contributed by atoms with van der Waals surface area (Å²) in [6.45, 7) is 5.94. The van der Waals surface area contributed by atoms with E-state index in [2.05, 4.69) is 16.0 Å². The van der Waals surface area contributed by atoms with E-state index in [-0.39, 0.29) is 5.92 Å². The number of hydrogen-bond donors (Lipinski definition) is 6. The van der Waals surface area contributed by atoms with Gasteiger partial charge in [-0.3, -0.25) is 19.2 Å². The Morgan fingerprint density at radius 2 is 1.23 bits per heavy atom. The van der Waals surface area contributed by atoms with Gasteiger partial charge in [0, 0.05) is 0 Å². The van der Waals surface area contributed by atoms with Crippen molar-refractivity contribution in [2.75, 3.05) is 0 Å². The van der Waals surface area contributed by atoms with Gasteiger partial charge in [-0.2, -0.15) is 0 Å². The van der Waals surface area contributed by atoms with Crippen LogP contribution in [-0.4, -0.2) is 64.0 Å². The van der Waals surface area contributed by atoms with Crippen molar-refractivity contribution in [1.82, 2.24) is 16.0 Å². The molecule has 7 N–H and O–H groups in total. The summed E-state index contributed by atoms with van der Waals surface area (Å²) < 4.78 is 0. The number of carbonyl (C=O) groups is 5. The lowest BCUT2D eigenvalue weighted by Crippen LogP contribution is -2.56. The van der Waals surface area contributed by atoms with Crippen LogP contribution in [0.25, 0.3) is 0 Å². The zero-order chi connectivity index (χ0) is 20.6. The highest BCUT2D eigenvalue weighted by atomic mass is 16.4. The van der Waals surface area contributed by atoms with Gasteiger partial charge in [0.25, 0.3) is 0 Å². The Morgan fingerprint density at radius 1 is 0.808 bits per heavy atom. The predicted octanol–water partition coefficient (Wildman–Crippen LogP) is -1.98. The van der Waals surface area contributed by atoms with Gasteiger partial charge in [0.2, 0.25) is 17.7 Å². The number of carboxylic acid groups (broad SMARTS) is 2. The Morgan fingerprint density at radius 3 is 1.62 bits per heavy atom. The number of aliphatic carboxylic acids is 2. The van der Waals surface area contributed by atoms with Gasteiger partial charge in [-0.05, 0) is 19.8 Å². The molecule has 0 saturated heterocycles. The molecule has 0 spiro atoms. The minimum absolute atomic E-state index is 0.353. The molecule has 26 heavy (non-hydrogen) atoms. The molecule has 0 rings (SSSR count). The molecule has 148 valence electrons. The molecule has 0 aliphatic carbocycles. The van der Waals surface area contributed by atoms with E-state index in [9.17, 15) is 24.0 Å². The molecule has 0 aromatic rings. The first-order valence-electron chi connectivity index (χ1n) is 7.98. The van der Waals surface area contributed by atoms with Crippen LogP contribution in [0.5, 0.6) is 0 Å². The minimum Gasteiger partial charge on any atom is -0.481 e. The standard InChI is InChI=1S/C15H26N4O7/c1-6(2)11(15(25)26)19-13(23)8(4)17-12(22)7(3)18-14(24)9(16)5-10(20)21/h6-9,11H,5,16H2,1-4H3,(H,17,22)(H,18,24)(H,19,23)(H,20,21)(H,25,26). The summed E-state index contributed by atoms with van der Waals surface area (Å²) in [4.78, 5) is 57.3. The third-order valence-corrected chi connectivity index (χ3v) is 3.47. The summed E-state index contributed by atoms with van der Waals surface area (Å²) in [6, 6.07) is -4.54. The summed E-state index contributed by atoms with van der Waals surface area (Å²) in [7, 11) is 0. The maximum absolute atomic E-state index is 12.0. The molecule has 0 aliphatic heterocycles. The molecule has 0 heterocycles. The monoisotopic (exact) mass is 374 g/mol. The molecule has 4 atom stereocenters. The average Bonchev–Trinajstić information content (AvgIpc) is 2.50. The number of carbonyl (C=O) groups excluding carboxylic acids is 3. The molecule has 3 amide bonds. The Labute approximate surface area is 150 Å². The van der Waals surface area contributed by atoms with Gasteiger partial charge in [-0.25, -0.2) is 4.79 Å². The second-order valence-corrected chi connectivity index (χ2v) is 6.23. The lowest BCUT2D eigenvalue weighted by atomic mass is 10.0. The highest BCUT2D eigenvalue weighted by molar-refractivity contribution is 5.94. The fraction of sp³-hybridized carbons (Fsp3) is 0.667. The molecule has 0 radical (unpaired) electrons. The van der Waals surface area contributed by atoms with Crippen LogP contribution in [0.1, 0.15) is 34.1 Å². The van der Waals surface area contributed by atoms with Crippen molar-refractivity contribution in [3.8, 4) is 0 Å². The maximum Gasteiger partial charge on any atom is 0.326 e. The molecular formula is C15H26N4O7. The largest absolute Gasteiger partial charge is 0.481 e. The summed E-state index contributed by atoms with van der Waals surface area (Å²) in [5, 5.41) is 24.5. The molecule has 0 aromatic heterocycles. The Kier molecular flexibility index (Phi) is 9.27. The van der Waals surface area contributed by atoms with Gasteiger partial charge < -0.3 is 31.9 Å². The van der Waals surface area contributed by atoms with Crippen molar-refractivity contribution in [3.63, 3.8) is 0 Å². The van der Waals surface area contributed by atoms with Gasteiger partial charge in [0.05, 0.1) is 12.5 Å². The quantitative estimate of drug-likeness (QED) is 0.254. The van der Waals surface area contributed by atoms with Gasteiger partial charge in [0.1, 0.15) is 18.1 Å². The summed E-state index contributed by atoms with van der Waals surface area (Å²) in [5.41, 5.74) is 5.38. The normalized spacial score (nSPS) is 15.3. The van der Waals surface area contributed by atoms with E-state index in [4.69, 9.17) is 15.9 Å². The number of hydrogen-bond acceptors (Lipinski definition) is 6. The van der Waals surface area contributed by atoms with Gasteiger partial charge in [0.15, 0.2) is 0 Å². The molecule has 0 aliphatic rings. The van der Waals surface area contributed by atoms with Crippen molar-refractivity contribution >= 4 is 29.7 Å². The van der Waals surface area contributed by atoms with E-state index < -0.39 is 60.2 Å². The van der Waals surface area contributed by atoms with E-state index in [0.29, 0.717) is 0 Å². The van der Waals surface area contributed by atoms with Crippen molar-refractivity contribution < 1.29 is 34.2 Å². The number of nitrogens with one attached hydrogen (secondary N) is 3. The number of amides is 3. The second kappa shape index (κ2) is 10.3. The van der Waals surface area contributed by atoms with Gasteiger partial charge in [-0.15, -0.1) is 0 Å². The van der Waals surface area contributed by atoms with Crippen LogP contribution in [0.4, 0.5) is 0 Å². The predicted molar refractivity (Wildman–Crippen MR) is 89.8 cm³/mol. The molecule has 11 heteroatoms. The summed E-state index contributed by atoms with van der Waals surface area (Å²) in [5.74, 6) is -5.03. The minimum atomic E-state index is -1.31. The zero-order valence-corrected chi connectivity index (χ0v) is 15.1. The molecule has 0 fully saturated rings. The van der Waals surface area contributed by atoms with E-state index in [1.165, 1.54) is 13.8 Å². The van der Waals surface area contributed by atoms with E-state index in [1.54, 1.807) is 13.8 Å². The van der Waals surface area contributed by atoms with Crippen LogP contribution in [0, 0.1) is 5.92 Å². The number of rotatable bonds is 10. The fourth-order valence-corrected chi connectivity index (χ4v) is 1.86. The average molecular weight is 374 g/mol. The van der Waals surface area contributed by atoms with Crippen LogP contribution < -0.4 is 21.7 Å². The van der Waals surface area contributed by atoms with Crippen LogP contribution in [0.3, 0.4) is 0 Å². The fourth-order valence-electron chi connectivity index (χ4n) is 1.86. The lowest BCUT2D eigenvalue weighted by molar-refractivity contribution is -0.143. The van der Waals surface area contributed by atoms with Crippen LogP contribution in [0.15, 0.2) is 0 Å². The first-order valence-corrected chi connectivity index (χ1v) is 7.98. The van der Waals surface area contributed by atoms with E-state index in [0.717, 1.165) is 0 Å². The van der Waals surface area contributed by atoms with Gasteiger partial charge in [-0.1, -0.05) is 13.8 Å². The Hall–Kier alpha value is -2.69. The lowest BCUT2D eigenvalue weighted by Gasteiger charge is -2.22. The molecule has 0 bridgehead atoms. The molecule has 0 saturated carbocycles. The Bertz CT molecular complexity index is 564.